The lowest BCUT2D eigenvalue weighted by Gasteiger charge is -2.31. The SMILES string of the molecule is CN(C(=O)Nc1cc(Br)ccc1C(=O)O)C1CCNCC1. The van der Waals surface area contributed by atoms with Crippen molar-refractivity contribution in [3.8, 4) is 0 Å². The van der Waals surface area contributed by atoms with Gasteiger partial charge in [-0.15, -0.1) is 0 Å². The predicted octanol–water partition coefficient (Wildman–Crippen LogP) is 2.36. The Balaban J connectivity index is 2.11. The molecule has 1 heterocycles. The zero-order chi connectivity index (χ0) is 15.4. The summed E-state index contributed by atoms with van der Waals surface area (Å²) in [6, 6.07) is 4.58. The van der Waals surface area contributed by atoms with Crippen molar-refractivity contribution in [1.82, 2.24) is 10.2 Å². The van der Waals surface area contributed by atoms with Crippen LogP contribution in [0.4, 0.5) is 10.5 Å². The molecule has 1 saturated heterocycles. The molecule has 1 aromatic carbocycles. The van der Waals surface area contributed by atoms with E-state index in [0.29, 0.717) is 10.2 Å². The molecule has 2 amide bonds. The number of piperidine rings is 1. The van der Waals surface area contributed by atoms with Crippen LogP contribution in [0.15, 0.2) is 22.7 Å². The fourth-order valence-corrected chi connectivity index (χ4v) is 2.73. The van der Waals surface area contributed by atoms with E-state index in [1.54, 1.807) is 24.1 Å². The van der Waals surface area contributed by atoms with Crippen molar-refractivity contribution in [2.45, 2.75) is 18.9 Å². The van der Waals surface area contributed by atoms with Crippen LogP contribution >= 0.6 is 15.9 Å². The Kier molecular flexibility index (Phi) is 5.19. The molecule has 0 unspecified atom stereocenters. The molecule has 1 fully saturated rings. The molecule has 0 bridgehead atoms. The molecule has 1 aliphatic rings. The summed E-state index contributed by atoms with van der Waals surface area (Å²) >= 11 is 3.28. The van der Waals surface area contributed by atoms with Gasteiger partial charge in [-0.2, -0.15) is 0 Å². The topological polar surface area (TPSA) is 81.7 Å². The van der Waals surface area contributed by atoms with Crippen LogP contribution < -0.4 is 10.6 Å². The molecule has 1 aliphatic heterocycles. The number of carboxylic acid groups (broad SMARTS) is 1. The second-order valence-electron chi connectivity index (χ2n) is 5.02. The van der Waals surface area contributed by atoms with Crippen LogP contribution in [0.1, 0.15) is 23.2 Å². The fourth-order valence-electron chi connectivity index (χ4n) is 2.37. The molecule has 0 aromatic heterocycles. The van der Waals surface area contributed by atoms with E-state index < -0.39 is 5.97 Å². The molecule has 6 nitrogen and oxygen atoms in total. The molecule has 0 spiro atoms. The first-order valence-corrected chi connectivity index (χ1v) is 7.55. The van der Waals surface area contributed by atoms with Crippen LogP contribution in [0.2, 0.25) is 0 Å². The van der Waals surface area contributed by atoms with Crippen LogP contribution in [0, 0.1) is 0 Å². The quantitative estimate of drug-likeness (QED) is 0.777. The lowest BCUT2D eigenvalue weighted by atomic mass is 10.1. The molecule has 0 aliphatic carbocycles. The first-order valence-electron chi connectivity index (χ1n) is 6.76. The zero-order valence-electron chi connectivity index (χ0n) is 11.7. The maximum Gasteiger partial charge on any atom is 0.337 e. The molecule has 7 heteroatoms. The monoisotopic (exact) mass is 355 g/mol. The molecule has 114 valence electrons. The number of carboxylic acids is 1. The van der Waals surface area contributed by atoms with Gasteiger partial charge in [0, 0.05) is 17.6 Å². The van der Waals surface area contributed by atoms with Crippen molar-refractivity contribution >= 4 is 33.6 Å². The Morgan fingerprint density at radius 2 is 2.05 bits per heavy atom. The second kappa shape index (κ2) is 6.91. The van der Waals surface area contributed by atoms with E-state index in [1.807, 2.05) is 0 Å². The van der Waals surface area contributed by atoms with Gasteiger partial charge in [0.05, 0.1) is 11.3 Å². The summed E-state index contributed by atoms with van der Waals surface area (Å²) in [5.74, 6) is -1.07. The Bertz CT molecular complexity index is 544. The number of amides is 2. The summed E-state index contributed by atoms with van der Waals surface area (Å²) < 4.78 is 0.715. The minimum absolute atomic E-state index is 0.0743. The molecular formula is C14H18BrN3O3. The third-order valence-corrected chi connectivity index (χ3v) is 4.12. The van der Waals surface area contributed by atoms with Crippen LogP contribution in [-0.2, 0) is 0 Å². The molecule has 21 heavy (non-hydrogen) atoms. The number of aromatic carboxylic acids is 1. The predicted molar refractivity (Wildman–Crippen MR) is 83.8 cm³/mol. The number of urea groups is 1. The lowest BCUT2D eigenvalue weighted by Crippen LogP contribution is -2.45. The number of nitrogens with zero attached hydrogens (tertiary/aromatic N) is 1. The Hall–Kier alpha value is -1.60. The number of carbonyl (C=O) groups excluding carboxylic acids is 1. The van der Waals surface area contributed by atoms with E-state index >= 15 is 0 Å². The Labute approximate surface area is 131 Å². The highest BCUT2D eigenvalue weighted by Crippen LogP contribution is 2.22. The molecule has 2 rings (SSSR count). The van der Waals surface area contributed by atoms with Gasteiger partial charge in [-0.1, -0.05) is 15.9 Å². The molecule has 0 atom stereocenters. The highest BCUT2D eigenvalue weighted by Gasteiger charge is 2.23. The largest absolute Gasteiger partial charge is 0.478 e. The maximum absolute atomic E-state index is 12.3. The number of nitrogens with one attached hydrogen (secondary N) is 2. The van der Waals surface area contributed by atoms with Gasteiger partial charge in [0.2, 0.25) is 0 Å². The summed E-state index contributed by atoms with van der Waals surface area (Å²) in [4.78, 5) is 25.1. The standard InChI is InChI=1S/C14H18BrN3O3/c1-18(10-4-6-16-7-5-10)14(21)17-12-8-9(15)2-3-11(12)13(19)20/h2-3,8,10,16H,4-7H2,1H3,(H,17,21)(H,19,20). The van der Waals surface area contributed by atoms with Gasteiger partial charge < -0.3 is 20.6 Å². The third-order valence-electron chi connectivity index (χ3n) is 3.63. The summed E-state index contributed by atoms with van der Waals surface area (Å²) in [6.07, 6.45) is 1.79. The number of hydrogen-bond acceptors (Lipinski definition) is 3. The minimum atomic E-state index is -1.07. The number of rotatable bonds is 3. The highest BCUT2D eigenvalue weighted by molar-refractivity contribution is 9.10. The number of hydrogen-bond donors (Lipinski definition) is 3. The fraction of sp³-hybridized carbons (Fsp3) is 0.429. The summed E-state index contributed by atoms with van der Waals surface area (Å²) in [5.41, 5.74) is 0.368. The van der Waals surface area contributed by atoms with Gasteiger partial charge in [0.1, 0.15) is 0 Å². The van der Waals surface area contributed by atoms with Crippen LogP contribution in [0.3, 0.4) is 0 Å². The van der Waals surface area contributed by atoms with Crippen LogP contribution in [-0.4, -0.2) is 48.2 Å². The van der Waals surface area contributed by atoms with Crippen molar-refractivity contribution in [2.24, 2.45) is 0 Å². The van der Waals surface area contributed by atoms with Crippen molar-refractivity contribution in [2.75, 3.05) is 25.5 Å². The summed E-state index contributed by atoms with van der Waals surface area (Å²) in [5, 5.41) is 15.1. The van der Waals surface area contributed by atoms with Crippen molar-refractivity contribution < 1.29 is 14.7 Å². The Morgan fingerprint density at radius 3 is 2.67 bits per heavy atom. The highest BCUT2D eigenvalue weighted by atomic mass is 79.9. The van der Waals surface area contributed by atoms with E-state index in [9.17, 15) is 9.59 Å². The first-order chi connectivity index (χ1) is 9.99. The van der Waals surface area contributed by atoms with Gasteiger partial charge in [-0.3, -0.25) is 0 Å². The van der Waals surface area contributed by atoms with E-state index in [4.69, 9.17) is 5.11 Å². The van der Waals surface area contributed by atoms with Crippen LogP contribution in [0.5, 0.6) is 0 Å². The molecule has 3 N–H and O–H groups in total. The normalized spacial score (nSPS) is 15.5. The summed E-state index contributed by atoms with van der Waals surface area (Å²) in [7, 11) is 1.74. The number of carbonyl (C=O) groups is 2. The van der Waals surface area contributed by atoms with E-state index in [0.717, 1.165) is 25.9 Å². The van der Waals surface area contributed by atoms with E-state index in [2.05, 4.69) is 26.6 Å². The van der Waals surface area contributed by atoms with Gasteiger partial charge in [-0.05, 0) is 44.1 Å². The second-order valence-corrected chi connectivity index (χ2v) is 5.93. The van der Waals surface area contributed by atoms with E-state index in [1.165, 1.54) is 6.07 Å². The van der Waals surface area contributed by atoms with Gasteiger partial charge in [0.15, 0.2) is 0 Å². The Morgan fingerprint density at radius 1 is 1.38 bits per heavy atom. The number of halogens is 1. The van der Waals surface area contributed by atoms with Gasteiger partial charge in [0.25, 0.3) is 0 Å². The average molecular weight is 356 g/mol. The molecular weight excluding hydrogens is 338 g/mol. The average Bonchev–Trinajstić information content (AvgIpc) is 2.47. The van der Waals surface area contributed by atoms with Crippen molar-refractivity contribution in [1.29, 1.82) is 0 Å². The number of anilines is 1. The van der Waals surface area contributed by atoms with E-state index in [-0.39, 0.29) is 17.6 Å². The molecule has 0 saturated carbocycles. The first kappa shape index (κ1) is 15.8. The minimum Gasteiger partial charge on any atom is -0.478 e. The third kappa shape index (κ3) is 3.95. The van der Waals surface area contributed by atoms with Crippen molar-refractivity contribution in [3.63, 3.8) is 0 Å². The smallest absolute Gasteiger partial charge is 0.337 e. The van der Waals surface area contributed by atoms with Gasteiger partial charge >= 0.3 is 12.0 Å². The zero-order valence-corrected chi connectivity index (χ0v) is 13.3. The molecule has 0 radical (unpaired) electrons. The molecule has 1 aromatic rings. The van der Waals surface area contributed by atoms with Crippen LogP contribution in [0.25, 0.3) is 0 Å². The lowest BCUT2D eigenvalue weighted by molar-refractivity contribution is 0.0698. The van der Waals surface area contributed by atoms with Gasteiger partial charge in [-0.25, -0.2) is 9.59 Å². The van der Waals surface area contributed by atoms with Crippen molar-refractivity contribution in [3.05, 3.63) is 28.2 Å². The maximum atomic E-state index is 12.3. The number of benzene rings is 1. The summed E-state index contributed by atoms with van der Waals surface area (Å²) in [6.45, 7) is 1.78.